The molecule has 0 amide bonds. The van der Waals surface area contributed by atoms with E-state index in [1.165, 1.54) is 6.07 Å². The number of nitrogens with zero attached hydrogens (tertiary/aromatic N) is 1. The zero-order valence-corrected chi connectivity index (χ0v) is 17.4. The smallest absolute Gasteiger partial charge is 0.293 e. The SMILES string of the molecule is CC.CC(C)(C)OC=O.CN1CCC2(CC1)CC(=O)c1c(O)cccc1O2. The van der Waals surface area contributed by atoms with Gasteiger partial charge in [0.2, 0.25) is 0 Å². The van der Waals surface area contributed by atoms with Crippen LogP contribution in [0.5, 0.6) is 11.5 Å². The van der Waals surface area contributed by atoms with Gasteiger partial charge >= 0.3 is 0 Å². The topological polar surface area (TPSA) is 76.1 Å². The highest BCUT2D eigenvalue weighted by Crippen LogP contribution is 2.41. The highest BCUT2D eigenvalue weighted by atomic mass is 16.5. The van der Waals surface area contributed by atoms with Gasteiger partial charge in [-0.15, -0.1) is 0 Å². The third-order valence-corrected chi connectivity index (χ3v) is 4.39. The number of ketones is 1. The van der Waals surface area contributed by atoms with Crippen LogP contribution in [0.4, 0.5) is 0 Å². The van der Waals surface area contributed by atoms with Crippen LogP contribution in [-0.2, 0) is 9.53 Å². The highest BCUT2D eigenvalue weighted by Gasteiger charge is 2.43. The van der Waals surface area contributed by atoms with E-state index in [0.29, 0.717) is 24.2 Å². The van der Waals surface area contributed by atoms with E-state index in [1.807, 2.05) is 34.6 Å². The summed E-state index contributed by atoms with van der Waals surface area (Å²) in [6.45, 7) is 11.8. The quantitative estimate of drug-likeness (QED) is 0.748. The summed E-state index contributed by atoms with van der Waals surface area (Å²) in [4.78, 5) is 24.1. The number of fused-ring (bicyclic) bond motifs is 1. The molecule has 1 N–H and O–H groups in total. The van der Waals surface area contributed by atoms with Crippen molar-refractivity contribution in [2.75, 3.05) is 20.1 Å². The van der Waals surface area contributed by atoms with Crippen molar-refractivity contribution < 1.29 is 24.2 Å². The van der Waals surface area contributed by atoms with E-state index in [1.54, 1.807) is 12.1 Å². The molecule has 1 aromatic rings. The van der Waals surface area contributed by atoms with Crippen molar-refractivity contribution in [2.45, 2.75) is 65.1 Å². The van der Waals surface area contributed by atoms with Crippen molar-refractivity contribution in [3.63, 3.8) is 0 Å². The molecule has 0 saturated carbocycles. The zero-order chi connectivity index (χ0) is 20.7. The minimum Gasteiger partial charge on any atom is -0.507 e. The fourth-order valence-electron chi connectivity index (χ4n) is 2.98. The Morgan fingerprint density at radius 2 is 1.81 bits per heavy atom. The fourth-order valence-corrected chi connectivity index (χ4v) is 2.98. The van der Waals surface area contributed by atoms with Crippen LogP contribution in [0.3, 0.4) is 0 Å². The lowest BCUT2D eigenvalue weighted by Gasteiger charge is -2.43. The minimum atomic E-state index is -0.357. The molecule has 2 heterocycles. The number of benzene rings is 1. The predicted octanol–water partition coefficient (Wildman–Crippen LogP) is 3.81. The fraction of sp³-hybridized carbons (Fsp3) is 0.619. The Morgan fingerprint density at radius 1 is 1.22 bits per heavy atom. The molecule has 2 aliphatic rings. The molecule has 0 atom stereocenters. The first-order valence-corrected chi connectivity index (χ1v) is 9.50. The Bertz CT molecular complexity index is 628. The summed E-state index contributed by atoms with van der Waals surface area (Å²) in [5.41, 5.74) is -0.325. The molecule has 3 rings (SSSR count). The summed E-state index contributed by atoms with van der Waals surface area (Å²) in [6.07, 6.45) is 2.11. The molecule has 1 saturated heterocycles. The molecule has 2 aliphatic heterocycles. The van der Waals surface area contributed by atoms with E-state index in [4.69, 9.17) is 4.74 Å². The largest absolute Gasteiger partial charge is 0.507 e. The van der Waals surface area contributed by atoms with Gasteiger partial charge < -0.3 is 19.5 Å². The molecular weight excluding hydrogens is 346 g/mol. The van der Waals surface area contributed by atoms with E-state index in [9.17, 15) is 14.7 Å². The molecule has 0 aromatic heterocycles. The molecule has 1 aromatic carbocycles. The lowest BCUT2D eigenvalue weighted by atomic mass is 9.82. The molecule has 6 heteroatoms. The third-order valence-electron chi connectivity index (χ3n) is 4.39. The molecular formula is C21H33NO5. The zero-order valence-electron chi connectivity index (χ0n) is 17.4. The maximum Gasteiger partial charge on any atom is 0.293 e. The third kappa shape index (κ3) is 6.54. The van der Waals surface area contributed by atoms with Gasteiger partial charge in [0.05, 0.1) is 6.42 Å². The summed E-state index contributed by atoms with van der Waals surface area (Å²) in [6, 6.07) is 5.02. The normalized spacial score (nSPS) is 18.1. The van der Waals surface area contributed by atoms with Gasteiger partial charge in [0, 0.05) is 25.9 Å². The van der Waals surface area contributed by atoms with E-state index < -0.39 is 0 Å². The van der Waals surface area contributed by atoms with Crippen LogP contribution < -0.4 is 4.74 Å². The van der Waals surface area contributed by atoms with Crippen molar-refractivity contribution in [1.29, 1.82) is 0 Å². The first-order chi connectivity index (χ1) is 12.7. The van der Waals surface area contributed by atoms with Crippen molar-refractivity contribution in [1.82, 2.24) is 4.90 Å². The number of hydrogen-bond acceptors (Lipinski definition) is 6. The van der Waals surface area contributed by atoms with Gasteiger partial charge in [-0.2, -0.15) is 0 Å². The molecule has 6 nitrogen and oxygen atoms in total. The Morgan fingerprint density at radius 3 is 2.30 bits per heavy atom. The molecule has 27 heavy (non-hydrogen) atoms. The molecule has 0 aliphatic carbocycles. The second-order valence-corrected chi connectivity index (χ2v) is 7.67. The van der Waals surface area contributed by atoms with Gasteiger partial charge in [0.1, 0.15) is 28.3 Å². The van der Waals surface area contributed by atoms with Gasteiger partial charge in [-0.05, 0) is 40.0 Å². The number of carbonyl (C=O) groups excluding carboxylic acids is 2. The highest BCUT2D eigenvalue weighted by molar-refractivity contribution is 6.02. The van der Waals surface area contributed by atoms with Crippen molar-refractivity contribution in [3.8, 4) is 11.5 Å². The van der Waals surface area contributed by atoms with E-state index in [2.05, 4.69) is 16.7 Å². The van der Waals surface area contributed by atoms with Crippen LogP contribution in [0.25, 0.3) is 0 Å². The number of ether oxygens (including phenoxy) is 2. The van der Waals surface area contributed by atoms with Crippen molar-refractivity contribution in [2.24, 2.45) is 0 Å². The Balaban J connectivity index is 0.000000346. The molecule has 1 spiro atoms. The first kappa shape index (κ1) is 23.0. The summed E-state index contributed by atoms with van der Waals surface area (Å²) in [5, 5.41) is 9.75. The molecule has 0 unspecified atom stereocenters. The van der Waals surface area contributed by atoms with Crippen LogP contribution in [0.15, 0.2) is 18.2 Å². The van der Waals surface area contributed by atoms with Crippen LogP contribution in [0.2, 0.25) is 0 Å². The summed E-state index contributed by atoms with van der Waals surface area (Å²) < 4.78 is 10.6. The second-order valence-electron chi connectivity index (χ2n) is 7.67. The molecule has 1 fully saturated rings. The monoisotopic (exact) mass is 379 g/mol. The van der Waals surface area contributed by atoms with Crippen molar-refractivity contribution in [3.05, 3.63) is 23.8 Å². The molecule has 152 valence electrons. The van der Waals surface area contributed by atoms with Crippen LogP contribution in [0.1, 0.15) is 64.2 Å². The summed E-state index contributed by atoms with van der Waals surface area (Å²) in [7, 11) is 2.08. The van der Waals surface area contributed by atoms with Crippen LogP contribution in [0, 0.1) is 0 Å². The molecule has 0 radical (unpaired) electrons. The number of aromatic hydroxyl groups is 1. The number of phenols is 1. The average molecular weight is 379 g/mol. The van der Waals surface area contributed by atoms with Gasteiger partial charge in [0.15, 0.2) is 5.78 Å². The summed E-state index contributed by atoms with van der Waals surface area (Å²) >= 11 is 0. The Hall–Kier alpha value is -2.08. The van der Waals surface area contributed by atoms with Gasteiger partial charge in [-0.3, -0.25) is 9.59 Å². The van der Waals surface area contributed by atoms with E-state index >= 15 is 0 Å². The predicted molar refractivity (Wildman–Crippen MR) is 105 cm³/mol. The number of carbonyl (C=O) groups is 2. The number of rotatable bonds is 1. The maximum absolute atomic E-state index is 12.2. The number of phenolic OH excluding ortho intramolecular Hbond substituents is 1. The Kier molecular flexibility index (Phi) is 8.28. The van der Waals surface area contributed by atoms with Crippen molar-refractivity contribution >= 4 is 12.3 Å². The number of likely N-dealkylation sites (tertiary alicyclic amines) is 1. The standard InChI is InChI=1S/C14H17NO3.C5H10O2.C2H6/c1-15-7-5-14(6-8-15)9-11(17)13-10(16)3-2-4-12(13)18-14;1-5(2,3)7-4-6;1-2/h2-4,16H,5-9H2,1H3;4H,1-3H3;1-2H3. The average Bonchev–Trinajstić information content (AvgIpc) is 2.59. The maximum atomic E-state index is 12.2. The Labute approximate surface area is 162 Å². The minimum absolute atomic E-state index is 0.00102. The van der Waals surface area contributed by atoms with Gasteiger partial charge in [0.25, 0.3) is 6.47 Å². The number of piperidine rings is 1. The van der Waals surface area contributed by atoms with E-state index in [0.717, 1.165) is 25.9 Å². The number of Topliss-reactive ketones (excluding diaryl/α,β-unsaturated/α-hetero) is 1. The number of hydrogen-bond donors (Lipinski definition) is 1. The van der Waals surface area contributed by atoms with Gasteiger partial charge in [-0.25, -0.2) is 0 Å². The molecule has 0 bridgehead atoms. The van der Waals surface area contributed by atoms with Gasteiger partial charge in [-0.1, -0.05) is 19.9 Å². The first-order valence-electron chi connectivity index (χ1n) is 9.50. The lowest BCUT2D eigenvalue weighted by Crippen LogP contribution is -2.50. The lowest BCUT2D eigenvalue weighted by molar-refractivity contribution is -0.138. The second kappa shape index (κ2) is 9.74. The van der Waals surface area contributed by atoms with E-state index in [-0.39, 0.29) is 22.7 Å². The van der Waals surface area contributed by atoms with Crippen LogP contribution >= 0.6 is 0 Å². The van der Waals surface area contributed by atoms with Crippen LogP contribution in [-0.4, -0.2) is 53.6 Å². The summed E-state index contributed by atoms with van der Waals surface area (Å²) in [5.74, 6) is 0.565.